The summed E-state index contributed by atoms with van der Waals surface area (Å²) in [6.07, 6.45) is 1.62. The van der Waals surface area contributed by atoms with Gasteiger partial charge in [-0.15, -0.1) is 0 Å². The minimum atomic E-state index is -1.05. The van der Waals surface area contributed by atoms with Crippen molar-refractivity contribution in [2.24, 2.45) is 0 Å². The zero-order chi connectivity index (χ0) is 13.1. The summed E-state index contributed by atoms with van der Waals surface area (Å²) in [5, 5.41) is 12.1. The number of carboxylic acid groups (broad SMARTS) is 1. The predicted octanol–water partition coefficient (Wildman–Crippen LogP) is 2.73. The highest BCUT2D eigenvalue weighted by atomic mass is 16.4. The molecule has 2 aromatic rings. The molecule has 0 aromatic carbocycles. The molecule has 5 heteroatoms. The summed E-state index contributed by atoms with van der Waals surface area (Å²) in [4.78, 5) is 10.8. The van der Waals surface area contributed by atoms with Crippen molar-refractivity contribution in [3.05, 3.63) is 47.3 Å². The molecule has 18 heavy (non-hydrogen) atoms. The third kappa shape index (κ3) is 2.62. The van der Waals surface area contributed by atoms with E-state index in [1.807, 2.05) is 19.1 Å². The Morgan fingerprint density at radius 3 is 2.89 bits per heavy atom. The molecule has 0 radical (unpaired) electrons. The normalized spacial score (nSPS) is 12.6. The van der Waals surface area contributed by atoms with Gasteiger partial charge in [-0.3, -0.25) is 0 Å². The van der Waals surface area contributed by atoms with Crippen molar-refractivity contribution in [3.8, 4) is 0 Å². The topological polar surface area (TPSA) is 75.6 Å². The van der Waals surface area contributed by atoms with Gasteiger partial charge in [0.25, 0.3) is 0 Å². The number of nitrogens with one attached hydrogen (secondary N) is 1. The Morgan fingerprint density at radius 2 is 2.33 bits per heavy atom. The molecule has 0 aliphatic carbocycles. The van der Waals surface area contributed by atoms with Crippen LogP contribution in [-0.4, -0.2) is 11.1 Å². The van der Waals surface area contributed by atoms with Crippen molar-refractivity contribution < 1.29 is 18.7 Å². The first-order valence-corrected chi connectivity index (χ1v) is 5.67. The first-order chi connectivity index (χ1) is 8.58. The van der Waals surface area contributed by atoms with Crippen LogP contribution in [0.25, 0.3) is 0 Å². The van der Waals surface area contributed by atoms with E-state index >= 15 is 0 Å². The van der Waals surface area contributed by atoms with Crippen molar-refractivity contribution in [2.45, 2.75) is 26.4 Å². The van der Waals surface area contributed by atoms with Gasteiger partial charge in [0.2, 0.25) is 5.76 Å². The molecule has 0 aliphatic heterocycles. The lowest BCUT2D eigenvalue weighted by Gasteiger charge is -2.10. The molecule has 2 heterocycles. The molecule has 0 fully saturated rings. The van der Waals surface area contributed by atoms with Crippen molar-refractivity contribution in [1.82, 2.24) is 5.32 Å². The fraction of sp³-hybridized carbons (Fsp3) is 0.308. The molecule has 96 valence electrons. The highest BCUT2D eigenvalue weighted by Gasteiger charge is 2.14. The Hall–Kier alpha value is -2.01. The molecule has 2 aromatic heterocycles. The largest absolute Gasteiger partial charge is 0.475 e. The minimum absolute atomic E-state index is 0.0325. The molecular formula is C13H15NO4. The maximum absolute atomic E-state index is 10.8. The van der Waals surface area contributed by atoms with E-state index in [1.54, 1.807) is 19.3 Å². The maximum Gasteiger partial charge on any atom is 0.371 e. The number of carboxylic acids is 1. The molecule has 1 atom stereocenters. The van der Waals surface area contributed by atoms with E-state index in [0.29, 0.717) is 12.3 Å². The third-order valence-electron chi connectivity index (χ3n) is 2.80. The molecule has 5 nitrogen and oxygen atoms in total. The molecule has 2 rings (SSSR count). The van der Waals surface area contributed by atoms with Gasteiger partial charge in [-0.25, -0.2) is 4.79 Å². The first kappa shape index (κ1) is 12.4. The molecule has 0 saturated heterocycles. The van der Waals surface area contributed by atoms with Crippen molar-refractivity contribution >= 4 is 5.97 Å². The molecule has 0 aliphatic rings. The number of carbonyl (C=O) groups is 1. The van der Waals surface area contributed by atoms with E-state index in [4.69, 9.17) is 13.9 Å². The highest BCUT2D eigenvalue weighted by Crippen LogP contribution is 2.17. The zero-order valence-corrected chi connectivity index (χ0v) is 10.3. The summed E-state index contributed by atoms with van der Waals surface area (Å²) >= 11 is 0. The van der Waals surface area contributed by atoms with E-state index in [1.165, 1.54) is 0 Å². The van der Waals surface area contributed by atoms with Crippen molar-refractivity contribution in [3.63, 3.8) is 0 Å². The lowest BCUT2D eigenvalue weighted by Crippen LogP contribution is -2.17. The van der Waals surface area contributed by atoms with Crippen LogP contribution in [0, 0.1) is 6.92 Å². The standard InChI is InChI=1S/C13H15NO4/c1-8(11-4-3-5-17-11)14-7-10-6-12(13(15)16)18-9(10)2/h3-6,8,14H,7H2,1-2H3,(H,15,16)/t8-/m0/s1. The number of hydrogen-bond acceptors (Lipinski definition) is 4. The van der Waals surface area contributed by atoms with Crippen LogP contribution in [0.5, 0.6) is 0 Å². The van der Waals surface area contributed by atoms with Gasteiger partial charge in [0, 0.05) is 12.1 Å². The minimum Gasteiger partial charge on any atom is -0.475 e. The molecule has 2 N–H and O–H groups in total. The van der Waals surface area contributed by atoms with Crippen molar-refractivity contribution in [2.75, 3.05) is 0 Å². The van der Waals surface area contributed by atoms with E-state index in [0.717, 1.165) is 11.3 Å². The van der Waals surface area contributed by atoms with Crippen molar-refractivity contribution in [1.29, 1.82) is 0 Å². The van der Waals surface area contributed by atoms with Crippen LogP contribution in [0.1, 0.15) is 40.6 Å². The predicted molar refractivity (Wildman–Crippen MR) is 64.4 cm³/mol. The van der Waals surface area contributed by atoms with Crippen LogP contribution < -0.4 is 5.32 Å². The zero-order valence-electron chi connectivity index (χ0n) is 10.3. The molecule has 0 spiro atoms. The van der Waals surface area contributed by atoms with E-state index < -0.39 is 5.97 Å². The number of furan rings is 2. The average molecular weight is 249 g/mol. The number of hydrogen-bond donors (Lipinski definition) is 2. The summed E-state index contributed by atoms with van der Waals surface area (Å²) in [6.45, 7) is 4.26. The Bertz CT molecular complexity index is 527. The SMILES string of the molecule is Cc1oc(C(=O)O)cc1CN[C@@H](C)c1ccco1. The van der Waals surface area contributed by atoms with Crippen LogP contribution in [0.15, 0.2) is 33.3 Å². The lowest BCUT2D eigenvalue weighted by atomic mass is 10.2. The molecule has 0 bridgehead atoms. The van der Waals surface area contributed by atoms with Gasteiger partial charge >= 0.3 is 5.97 Å². The van der Waals surface area contributed by atoms with Gasteiger partial charge in [0.15, 0.2) is 0 Å². The quantitative estimate of drug-likeness (QED) is 0.852. The smallest absolute Gasteiger partial charge is 0.371 e. The molecule has 0 amide bonds. The lowest BCUT2D eigenvalue weighted by molar-refractivity contribution is 0.0661. The fourth-order valence-electron chi connectivity index (χ4n) is 1.70. The Balaban J connectivity index is 2.00. The average Bonchev–Trinajstić information content (AvgIpc) is 2.95. The second-order valence-corrected chi connectivity index (χ2v) is 4.12. The van der Waals surface area contributed by atoms with Crippen LogP contribution in [0.3, 0.4) is 0 Å². The summed E-state index contributed by atoms with van der Waals surface area (Å²) in [6, 6.07) is 5.32. The van der Waals surface area contributed by atoms with Crippen LogP contribution in [-0.2, 0) is 6.54 Å². The van der Waals surface area contributed by atoms with Gasteiger partial charge < -0.3 is 19.3 Å². The summed E-state index contributed by atoms with van der Waals surface area (Å²) in [5.74, 6) is 0.375. The summed E-state index contributed by atoms with van der Waals surface area (Å²) in [5.41, 5.74) is 0.839. The van der Waals surface area contributed by atoms with Gasteiger partial charge in [-0.1, -0.05) is 0 Å². The second-order valence-electron chi connectivity index (χ2n) is 4.12. The fourth-order valence-corrected chi connectivity index (χ4v) is 1.70. The Labute approximate surface area is 104 Å². The number of aryl methyl sites for hydroxylation is 1. The van der Waals surface area contributed by atoms with Crippen LogP contribution in [0.2, 0.25) is 0 Å². The van der Waals surface area contributed by atoms with E-state index in [9.17, 15) is 4.79 Å². The van der Waals surface area contributed by atoms with Gasteiger partial charge in [-0.05, 0) is 32.0 Å². The van der Waals surface area contributed by atoms with Gasteiger partial charge in [0.05, 0.1) is 12.3 Å². The highest BCUT2D eigenvalue weighted by molar-refractivity contribution is 5.84. The number of rotatable bonds is 5. The number of aromatic carboxylic acids is 1. The monoisotopic (exact) mass is 249 g/mol. The molecule has 0 unspecified atom stereocenters. The van der Waals surface area contributed by atoms with E-state index in [-0.39, 0.29) is 11.8 Å². The molecule has 0 saturated carbocycles. The van der Waals surface area contributed by atoms with Crippen LogP contribution >= 0.6 is 0 Å². The summed E-state index contributed by atoms with van der Waals surface area (Å²) < 4.78 is 10.4. The van der Waals surface area contributed by atoms with Gasteiger partial charge in [0.1, 0.15) is 11.5 Å². The first-order valence-electron chi connectivity index (χ1n) is 5.67. The third-order valence-corrected chi connectivity index (χ3v) is 2.80. The Morgan fingerprint density at radius 1 is 1.56 bits per heavy atom. The molecular weight excluding hydrogens is 234 g/mol. The Kier molecular flexibility index (Phi) is 3.53. The van der Waals surface area contributed by atoms with E-state index in [2.05, 4.69) is 5.32 Å². The maximum atomic E-state index is 10.8. The summed E-state index contributed by atoms with van der Waals surface area (Å²) in [7, 11) is 0. The van der Waals surface area contributed by atoms with Crippen LogP contribution in [0.4, 0.5) is 0 Å². The second kappa shape index (κ2) is 5.10. The van der Waals surface area contributed by atoms with Gasteiger partial charge in [-0.2, -0.15) is 0 Å².